The van der Waals surface area contributed by atoms with Gasteiger partial charge in [-0.3, -0.25) is 4.90 Å². The molecule has 0 saturated carbocycles. The third kappa shape index (κ3) is 7.75. The zero-order chi connectivity index (χ0) is 16.3. The lowest BCUT2D eigenvalue weighted by Gasteiger charge is -2.27. The molecule has 1 aromatic rings. The van der Waals surface area contributed by atoms with Gasteiger partial charge in [-0.25, -0.2) is 4.79 Å². The first-order valence-corrected chi connectivity index (χ1v) is 7.67. The predicted molar refractivity (Wildman–Crippen MR) is 87.4 cm³/mol. The quantitative estimate of drug-likeness (QED) is 0.877. The lowest BCUT2D eigenvalue weighted by molar-refractivity contribution is 0.165. The normalized spacial score (nSPS) is 11.6. The van der Waals surface area contributed by atoms with E-state index in [1.165, 1.54) is 19.1 Å². The lowest BCUT2D eigenvalue weighted by Crippen LogP contribution is -2.36. The number of hydrogen-bond donors (Lipinski definition) is 1. The van der Waals surface area contributed by atoms with E-state index in [2.05, 4.69) is 54.9 Å². The van der Waals surface area contributed by atoms with Crippen LogP contribution in [-0.2, 0) is 11.8 Å². The summed E-state index contributed by atoms with van der Waals surface area (Å²) in [5, 5.41) is 2.70. The van der Waals surface area contributed by atoms with E-state index < -0.39 is 0 Å². The highest BCUT2D eigenvalue weighted by Gasteiger charge is 2.14. The van der Waals surface area contributed by atoms with Gasteiger partial charge in [0, 0.05) is 38.6 Å². The average molecular weight is 297 g/mol. The molecule has 5 nitrogen and oxygen atoms in total. The summed E-state index contributed by atoms with van der Waals surface area (Å²) in [6.45, 7) is 10.9. The number of aryl methyl sites for hydroxylation is 1. The molecule has 0 aliphatic rings. The number of carbonyl (C=O) groups is 1. The Balaban J connectivity index is 0.00000122. The van der Waals surface area contributed by atoms with Crippen LogP contribution in [0.2, 0.25) is 0 Å². The minimum atomic E-state index is -0.376. The zero-order valence-corrected chi connectivity index (χ0v) is 14.3. The Morgan fingerprint density at radius 1 is 1.43 bits per heavy atom. The van der Waals surface area contributed by atoms with Crippen molar-refractivity contribution in [2.45, 2.75) is 40.2 Å². The Morgan fingerprint density at radius 3 is 2.48 bits per heavy atom. The number of likely N-dealkylation sites (N-methyl/N-ethyl adjacent to an activating group) is 1. The molecule has 0 saturated heterocycles. The molecule has 1 heterocycles. The van der Waals surface area contributed by atoms with Gasteiger partial charge < -0.3 is 14.6 Å². The molecule has 5 heteroatoms. The van der Waals surface area contributed by atoms with Gasteiger partial charge in [0.2, 0.25) is 0 Å². The van der Waals surface area contributed by atoms with Crippen LogP contribution < -0.4 is 5.32 Å². The Kier molecular flexibility index (Phi) is 10.4. The largest absolute Gasteiger partial charge is 0.453 e. The standard InChI is InChI=1S/C13H23N3O2.C3H8/c1-5-16(9-7-14-13(17)18-4)11(2)12-6-8-15(3)10-12;1-3-2/h6,8,10-11H,5,7,9H2,1-4H3,(H,14,17);3H2,1-2H3. The maximum Gasteiger partial charge on any atom is 0.406 e. The van der Waals surface area contributed by atoms with Gasteiger partial charge in [0.15, 0.2) is 0 Å². The van der Waals surface area contributed by atoms with Crippen molar-refractivity contribution in [3.8, 4) is 0 Å². The van der Waals surface area contributed by atoms with E-state index in [1.807, 2.05) is 17.8 Å². The number of nitrogens with one attached hydrogen (secondary N) is 1. The number of rotatable bonds is 6. The second-order valence-corrected chi connectivity index (χ2v) is 5.04. The molecule has 21 heavy (non-hydrogen) atoms. The number of ether oxygens (including phenoxy) is 1. The van der Waals surface area contributed by atoms with Crippen LogP contribution in [0.5, 0.6) is 0 Å². The van der Waals surface area contributed by atoms with Gasteiger partial charge in [-0.2, -0.15) is 0 Å². The first-order chi connectivity index (χ1) is 9.99. The second kappa shape index (κ2) is 11.2. The van der Waals surface area contributed by atoms with Crippen molar-refractivity contribution >= 4 is 6.09 Å². The van der Waals surface area contributed by atoms with Crippen molar-refractivity contribution in [1.82, 2.24) is 14.8 Å². The molecule has 0 bridgehead atoms. The topological polar surface area (TPSA) is 46.5 Å². The molecule has 0 aliphatic heterocycles. The van der Waals surface area contributed by atoms with Crippen LogP contribution in [0.4, 0.5) is 4.79 Å². The maximum atomic E-state index is 11.0. The van der Waals surface area contributed by atoms with Gasteiger partial charge in [-0.15, -0.1) is 0 Å². The molecule has 0 radical (unpaired) electrons. The Hall–Kier alpha value is -1.49. The highest BCUT2D eigenvalue weighted by molar-refractivity contribution is 5.66. The number of alkyl carbamates (subject to hydrolysis) is 1. The first-order valence-electron chi connectivity index (χ1n) is 7.67. The Bertz CT molecular complexity index is 391. The minimum Gasteiger partial charge on any atom is -0.453 e. The zero-order valence-electron chi connectivity index (χ0n) is 14.3. The summed E-state index contributed by atoms with van der Waals surface area (Å²) in [6.07, 6.45) is 5.05. The number of aromatic nitrogens is 1. The number of hydrogen-bond acceptors (Lipinski definition) is 3. The van der Waals surface area contributed by atoms with E-state index in [1.54, 1.807) is 0 Å². The molecule has 1 N–H and O–H groups in total. The van der Waals surface area contributed by atoms with Crippen molar-refractivity contribution in [3.05, 3.63) is 24.0 Å². The highest BCUT2D eigenvalue weighted by atomic mass is 16.5. The average Bonchev–Trinajstić information content (AvgIpc) is 2.90. The van der Waals surface area contributed by atoms with Crippen molar-refractivity contribution < 1.29 is 9.53 Å². The fraction of sp³-hybridized carbons (Fsp3) is 0.688. The van der Waals surface area contributed by atoms with E-state index in [9.17, 15) is 4.79 Å². The van der Waals surface area contributed by atoms with Crippen molar-refractivity contribution in [2.75, 3.05) is 26.7 Å². The molecule has 122 valence electrons. The first kappa shape index (κ1) is 19.5. The van der Waals surface area contributed by atoms with Crippen LogP contribution in [-0.4, -0.2) is 42.3 Å². The Labute approximate surface area is 129 Å². The van der Waals surface area contributed by atoms with Crippen LogP contribution in [0.15, 0.2) is 18.5 Å². The van der Waals surface area contributed by atoms with Crippen LogP contribution in [0.25, 0.3) is 0 Å². The second-order valence-electron chi connectivity index (χ2n) is 5.04. The molecule has 0 fully saturated rings. The molecule has 0 aliphatic carbocycles. The number of carbonyl (C=O) groups excluding carboxylic acids is 1. The monoisotopic (exact) mass is 297 g/mol. The number of nitrogens with zero attached hydrogens (tertiary/aromatic N) is 2. The van der Waals surface area contributed by atoms with Crippen molar-refractivity contribution in [1.29, 1.82) is 0 Å². The van der Waals surface area contributed by atoms with E-state index in [0.29, 0.717) is 12.6 Å². The summed E-state index contributed by atoms with van der Waals surface area (Å²) in [6, 6.07) is 2.47. The molecule has 1 rings (SSSR count). The Morgan fingerprint density at radius 2 is 2.05 bits per heavy atom. The predicted octanol–water partition coefficient (Wildman–Crippen LogP) is 3.18. The van der Waals surface area contributed by atoms with E-state index in [0.717, 1.165) is 13.1 Å². The van der Waals surface area contributed by atoms with Gasteiger partial charge in [0.1, 0.15) is 0 Å². The summed E-state index contributed by atoms with van der Waals surface area (Å²) < 4.78 is 6.59. The van der Waals surface area contributed by atoms with Crippen LogP contribution in [0, 0.1) is 0 Å². The molecule has 1 unspecified atom stereocenters. The van der Waals surface area contributed by atoms with Gasteiger partial charge >= 0.3 is 6.09 Å². The van der Waals surface area contributed by atoms with E-state index in [-0.39, 0.29) is 6.09 Å². The van der Waals surface area contributed by atoms with Crippen molar-refractivity contribution in [2.24, 2.45) is 7.05 Å². The summed E-state index contributed by atoms with van der Waals surface area (Å²) in [5.41, 5.74) is 1.29. The van der Waals surface area contributed by atoms with Gasteiger partial charge in [-0.05, 0) is 25.1 Å². The fourth-order valence-corrected chi connectivity index (χ4v) is 1.98. The van der Waals surface area contributed by atoms with Crippen LogP contribution in [0.3, 0.4) is 0 Å². The van der Waals surface area contributed by atoms with Crippen LogP contribution in [0.1, 0.15) is 45.7 Å². The molecule has 0 aromatic carbocycles. The maximum absolute atomic E-state index is 11.0. The van der Waals surface area contributed by atoms with Crippen LogP contribution >= 0.6 is 0 Å². The van der Waals surface area contributed by atoms with Gasteiger partial charge in [-0.1, -0.05) is 27.2 Å². The molecule has 1 amide bonds. The fourth-order valence-electron chi connectivity index (χ4n) is 1.98. The molecular formula is C16H31N3O2. The summed E-state index contributed by atoms with van der Waals surface area (Å²) in [4.78, 5) is 13.3. The van der Waals surface area contributed by atoms with Crippen molar-refractivity contribution in [3.63, 3.8) is 0 Å². The number of methoxy groups -OCH3 is 1. The van der Waals surface area contributed by atoms with Gasteiger partial charge in [0.05, 0.1) is 7.11 Å². The molecular weight excluding hydrogens is 266 g/mol. The molecule has 1 aromatic heterocycles. The highest BCUT2D eigenvalue weighted by Crippen LogP contribution is 2.19. The smallest absolute Gasteiger partial charge is 0.406 e. The summed E-state index contributed by atoms with van der Waals surface area (Å²) in [7, 11) is 3.39. The van der Waals surface area contributed by atoms with E-state index in [4.69, 9.17) is 0 Å². The number of amides is 1. The third-order valence-electron chi connectivity index (χ3n) is 3.14. The van der Waals surface area contributed by atoms with E-state index >= 15 is 0 Å². The summed E-state index contributed by atoms with van der Waals surface area (Å²) in [5.74, 6) is 0. The third-order valence-corrected chi connectivity index (χ3v) is 3.14. The summed E-state index contributed by atoms with van der Waals surface area (Å²) >= 11 is 0. The molecule has 1 atom stereocenters. The SMILES string of the molecule is CCC.CCN(CCNC(=O)OC)C(C)c1ccn(C)c1. The minimum absolute atomic E-state index is 0.343. The molecule has 0 spiro atoms. The lowest BCUT2D eigenvalue weighted by atomic mass is 10.1. The van der Waals surface area contributed by atoms with Gasteiger partial charge in [0.25, 0.3) is 0 Å².